The highest BCUT2D eigenvalue weighted by molar-refractivity contribution is 5.44. The fourth-order valence-electron chi connectivity index (χ4n) is 2.66. The molecule has 1 aliphatic rings. The van der Waals surface area contributed by atoms with Crippen molar-refractivity contribution >= 4 is 0 Å². The van der Waals surface area contributed by atoms with E-state index >= 15 is 0 Å². The highest BCUT2D eigenvalue weighted by Gasteiger charge is 2.61. The van der Waals surface area contributed by atoms with Crippen LogP contribution in [0.15, 0.2) is 36.4 Å². The van der Waals surface area contributed by atoms with Gasteiger partial charge in [-0.15, -0.1) is 0 Å². The predicted octanol–water partition coefficient (Wildman–Crippen LogP) is 3.94. The third kappa shape index (κ3) is 1.38. The van der Waals surface area contributed by atoms with E-state index in [1.54, 1.807) is 7.11 Å². The Kier molecular flexibility index (Phi) is 2.37. The van der Waals surface area contributed by atoms with Crippen LogP contribution in [-0.4, -0.2) is 7.11 Å². The Morgan fingerprint density at radius 1 is 1.25 bits per heavy atom. The van der Waals surface area contributed by atoms with E-state index in [9.17, 15) is 0 Å². The summed E-state index contributed by atoms with van der Waals surface area (Å²) in [5, 5.41) is 0. The third-order valence-electron chi connectivity index (χ3n) is 4.47. The summed E-state index contributed by atoms with van der Waals surface area (Å²) in [6.45, 7) is 10.9. The zero-order valence-electron chi connectivity index (χ0n) is 10.6. The Labute approximate surface area is 98.1 Å². The lowest BCUT2D eigenvalue weighted by atomic mass is 9.85. The van der Waals surface area contributed by atoms with Crippen LogP contribution in [0.2, 0.25) is 0 Å². The standard InChI is InChI=1S/C15H20O/c1-11(2)14(3)10-15(14,4)12-6-8-13(16-5)9-7-12/h6-9H,1,10H2,2-5H3. The molecule has 0 aliphatic heterocycles. The molecule has 0 bridgehead atoms. The van der Waals surface area contributed by atoms with E-state index in [-0.39, 0.29) is 10.8 Å². The van der Waals surface area contributed by atoms with Gasteiger partial charge in [-0.1, -0.05) is 38.1 Å². The molecule has 1 aromatic rings. The van der Waals surface area contributed by atoms with Crippen molar-refractivity contribution in [2.24, 2.45) is 5.41 Å². The van der Waals surface area contributed by atoms with Crippen LogP contribution in [0.1, 0.15) is 32.8 Å². The van der Waals surface area contributed by atoms with Gasteiger partial charge in [0.15, 0.2) is 0 Å². The minimum absolute atomic E-state index is 0.255. The molecule has 2 unspecified atom stereocenters. The van der Waals surface area contributed by atoms with Crippen molar-refractivity contribution in [3.63, 3.8) is 0 Å². The predicted molar refractivity (Wildman–Crippen MR) is 67.9 cm³/mol. The SMILES string of the molecule is C=C(C)C1(C)CC1(C)c1ccc(OC)cc1. The number of allylic oxidation sites excluding steroid dienone is 1. The van der Waals surface area contributed by atoms with E-state index in [2.05, 4.69) is 39.5 Å². The summed E-state index contributed by atoms with van der Waals surface area (Å²) >= 11 is 0. The van der Waals surface area contributed by atoms with Gasteiger partial charge >= 0.3 is 0 Å². The smallest absolute Gasteiger partial charge is 0.118 e. The summed E-state index contributed by atoms with van der Waals surface area (Å²) in [5.41, 5.74) is 3.19. The van der Waals surface area contributed by atoms with Crippen LogP contribution in [0.5, 0.6) is 5.75 Å². The Bertz CT molecular complexity index is 418. The second-order valence-electron chi connectivity index (χ2n) is 5.35. The minimum Gasteiger partial charge on any atom is -0.497 e. The summed E-state index contributed by atoms with van der Waals surface area (Å²) in [5.74, 6) is 0.921. The monoisotopic (exact) mass is 216 g/mol. The molecule has 2 atom stereocenters. The average molecular weight is 216 g/mol. The lowest BCUT2D eigenvalue weighted by Crippen LogP contribution is -2.12. The van der Waals surface area contributed by atoms with Crippen molar-refractivity contribution in [2.75, 3.05) is 7.11 Å². The average Bonchev–Trinajstić information content (AvgIpc) is 2.85. The Morgan fingerprint density at radius 3 is 2.19 bits per heavy atom. The molecular formula is C15H20O. The van der Waals surface area contributed by atoms with Crippen molar-refractivity contribution < 1.29 is 4.74 Å². The molecule has 16 heavy (non-hydrogen) atoms. The molecule has 0 amide bonds. The maximum absolute atomic E-state index is 5.18. The van der Waals surface area contributed by atoms with Crippen molar-refractivity contribution in [3.05, 3.63) is 42.0 Å². The lowest BCUT2D eigenvalue weighted by Gasteiger charge is -2.19. The van der Waals surface area contributed by atoms with Crippen LogP contribution in [0.4, 0.5) is 0 Å². The Hall–Kier alpha value is -1.24. The fourth-order valence-corrected chi connectivity index (χ4v) is 2.66. The first-order valence-electron chi connectivity index (χ1n) is 5.74. The first-order valence-corrected chi connectivity index (χ1v) is 5.74. The third-order valence-corrected chi connectivity index (χ3v) is 4.47. The number of hydrogen-bond donors (Lipinski definition) is 0. The topological polar surface area (TPSA) is 9.23 Å². The van der Waals surface area contributed by atoms with E-state index in [0.717, 1.165) is 5.75 Å². The zero-order chi connectivity index (χ0) is 12.0. The minimum atomic E-state index is 0.255. The molecule has 0 saturated heterocycles. The van der Waals surface area contributed by atoms with E-state index in [1.165, 1.54) is 17.6 Å². The van der Waals surface area contributed by atoms with Crippen molar-refractivity contribution in [2.45, 2.75) is 32.6 Å². The van der Waals surface area contributed by atoms with Gasteiger partial charge in [0.1, 0.15) is 5.75 Å². The fraction of sp³-hybridized carbons (Fsp3) is 0.467. The molecule has 1 aromatic carbocycles. The number of methoxy groups -OCH3 is 1. The Morgan fingerprint density at radius 2 is 1.81 bits per heavy atom. The van der Waals surface area contributed by atoms with Gasteiger partial charge in [0.2, 0.25) is 0 Å². The van der Waals surface area contributed by atoms with Crippen LogP contribution >= 0.6 is 0 Å². The van der Waals surface area contributed by atoms with Gasteiger partial charge in [-0.3, -0.25) is 0 Å². The highest BCUT2D eigenvalue weighted by Crippen LogP contribution is 2.67. The summed E-state index contributed by atoms with van der Waals surface area (Å²) in [6, 6.07) is 8.43. The summed E-state index contributed by atoms with van der Waals surface area (Å²) < 4.78 is 5.18. The molecule has 0 aromatic heterocycles. The van der Waals surface area contributed by atoms with Crippen molar-refractivity contribution in [1.29, 1.82) is 0 Å². The lowest BCUT2D eigenvalue weighted by molar-refractivity contribution is 0.414. The molecule has 2 rings (SSSR count). The van der Waals surface area contributed by atoms with Crippen LogP contribution in [-0.2, 0) is 5.41 Å². The van der Waals surface area contributed by atoms with E-state index < -0.39 is 0 Å². The van der Waals surface area contributed by atoms with E-state index in [4.69, 9.17) is 4.74 Å². The number of rotatable bonds is 3. The molecule has 86 valence electrons. The molecule has 0 radical (unpaired) electrons. The Balaban J connectivity index is 2.30. The molecule has 0 heterocycles. The summed E-state index contributed by atoms with van der Waals surface area (Å²) in [4.78, 5) is 0. The normalized spacial score (nSPS) is 32.2. The van der Waals surface area contributed by atoms with Gasteiger partial charge in [0.05, 0.1) is 7.11 Å². The van der Waals surface area contributed by atoms with Gasteiger partial charge in [0, 0.05) is 5.41 Å². The van der Waals surface area contributed by atoms with Gasteiger partial charge in [-0.2, -0.15) is 0 Å². The maximum atomic E-state index is 5.18. The summed E-state index contributed by atoms with van der Waals surface area (Å²) in [6.07, 6.45) is 1.20. The first-order chi connectivity index (χ1) is 7.44. The van der Waals surface area contributed by atoms with Crippen molar-refractivity contribution in [1.82, 2.24) is 0 Å². The van der Waals surface area contributed by atoms with Gasteiger partial charge in [0.25, 0.3) is 0 Å². The molecule has 1 aliphatic carbocycles. The van der Waals surface area contributed by atoms with Crippen LogP contribution in [0, 0.1) is 5.41 Å². The molecule has 1 fully saturated rings. The number of benzene rings is 1. The second-order valence-corrected chi connectivity index (χ2v) is 5.35. The van der Waals surface area contributed by atoms with E-state index in [1.807, 2.05) is 12.1 Å². The quantitative estimate of drug-likeness (QED) is 0.695. The molecule has 0 spiro atoms. The van der Waals surface area contributed by atoms with Gasteiger partial charge in [-0.25, -0.2) is 0 Å². The highest BCUT2D eigenvalue weighted by atomic mass is 16.5. The van der Waals surface area contributed by atoms with Crippen LogP contribution in [0.25, 0.3) is 0 Å². The largest absolute Gasteiger partial charge is 0.497 e. The molecule has 1 saturated carbocycles. The first kappa shape index (κ1) is 11.3. The summed E-state index contributed by atoms with van der Waals surface area (Å²) in [7, 11) is 1.70. The molecule has 1 heteroatoms. The number of hydrogen-bond acceptors (Lipinski definition) is 1. The molecule has 0 N–H and O–H groups in total. The van der Waals surface area contributed by atoms with E-state index in [0.29, 0.717) is 0 Å². The van der Waals surface area contributed by atoms with Crippen LogP contribution < -0.4 is 4.74 Å². The van der Waals surface area contributed by atoms with Crippen LogP contribution in [0.3, 0.4) is 0 Å². The molecular weight excluding hydrogens is 196 g/mol. The van der Waals surface area contributed by atoms with Crippen molar-refractivity contribution in [3.8, 4) is 5.75 Å². The van der Waals surface area contributed by atoms with Gasteiger partial charge < -0.3 is 4.74 Å². The maximum Gasteiger partial charge on any atom is 0.118 e. The number of ether oxygens (including phenoxy) is 1. The molecule has 1 nitrogen and oxygen atoms in total. The van der Waals surface area contributed by atoms with Gasteiger partial charge in [-0.05, 0) is 36.5 Å². The zero-order valence-corrected chi connectivity index (χ0v) is 10.6. The second kappa shape index (κ2) is 3.38.